The number of nitrogens with one attached hydrogen (secondary N) is 1. The molecule has 0 radical (unpaired) electrons. The van der Waals surface area contributed by atoms with E-state index in [0.29, 0.717) is 13.2 Å². The van der Waals surface area contributed by atoms with E-state index in [1.807, 2.05) is 0 Å². The van der Waals surface area contributed by atoms with E-state index in [0.717, 1.165) is 0 Å². The minimum Gasteiger partial charge on any atom is -0.338 e. The highest BCUT2D eigenvalue weighted by Crippen LogP contribution is 2.10. The zero-order valence-corrected chi connectivity index (χ0v) is 4.68. The quantitative estimate of drug-likeness (QED) is 0.492. The third-order valence-electron chi connectivity index (χ3n) is 1.11. The maximum atomic E-state index is 9.89. The lowest BCUT2D eigenvalue weighted by molar-refractivity contribution is 0.0131. The topological polar surface area (TPSA) is 50.7 Å². The van der Waals surface area contributed by atoms with Crippen LogP contribution in [0.2, 0.25) is 0 Å². The Morgan fingerprint density at radius 1 is 1.88 bits per heavy atom. The van der Waals surface area contributed by atoms with Crippen molar-refractivity contribution in [3.8, 4) is 0 Å². The van der Waals surface area contributed by atoms with Gasteiger partial charge in [-0.2, -0.15) is 0 Å². The number of hydrogen-bond donors (Lipinski definition) is 1. The maximum Gasteiger partial charge on any atom is 0.253 e. The minimum absolute atomic E-state index is 0.572. The SMILES string of the molecule is CC1(N=O)NCCO1. The Morgan fingerprint density at radius 2 is 2.62 bits per heavy atom. The summed E-state index contributed by atoms with van der Waals surface area (Å²) in [4.78, 5) is 9.89. The van der Waals surface area contributed by atoms with Gasteiger partial charge in [0.2, 0.25) is 0 Å². The summed E-state index contributed by atoms with van der Waals surface area (Å²) in [5.41, 5.74) is 0. The summed E-state index contributed by atoms with van der Waals surface area (Å²) in [6.07, 6.45) is 0. The molecule has 1 unspecified atom stereocenters. The van der Waals surface area contributed by atoms with Crippen LogP contribution in [-0.2, 0) is 4.74 Å². The minimum atomic E-state index is -0.944. The van der Waals surface area contributed by atoms with E-state index >= 15 is 0 Å². The molecule has 0 aromatic rings. The van der Waals surface area contributed by atoms with Crippen molar-refractivity contribution in [1.82, 2.24) is 5.32 Å². The second-order valence-corrected chi connectivity index (χ2v) is 1.85. The van der Waals surface area contributed by atoms with Gasteiger partial charge in [-0.05, 0) is 5.18 Å². The molecule has 0 spiro atoms. The van der Waals surface area contributed by atoms with Crippen molar-refractivity contribution < 1.29 is 4.74 Å². The Balaban J connectivity index is 2.52. The fraction of sp³-hybridized carbons (Fsp3) is 1.00. The molecule has 0 aliphatic carbocycles. The standard InChI is InChI=1S/C4H8N2O2/c1-4(6-7)5-2-3-8-4/h5H,2-3H2,1H3. The highest BCUT2D eigenvalue weighted by atomic mass is 16.6. The van der Waals surface area contributed by atoms with Crippen molar-refractivity contribution in [2.75, 3.05) is 13.2 Å². The van der Waals surface area contributed by atoms with Crippen molar-refractivity contribution in [3.63, 3.8) is 0 Å². The second-order valence-electron chi connectivity index (χ2n) is 1.85. The Bertz CT molecular complexity index is 98.2. The molecule has 1 N–H and O–H groups in total. The molecule has 46 valence electrons. The summed E-state index contributed by atoms with van der Waals surface area (Å²) in [6, 6.07) is 0. The van der Waals surface area contributed by atoms with Crippen molar-refractivity contribution in [2.45, 2.75) is 12.8 Å². The predicted molar refractivity (Wildman–Crippen MR) is 28.2 cm³/mol. The highest BCUT2D eigenvalue weighted by molar-refractivity contribution is 4.73. The first-order chi connectivity index (χ1) is 3.77. The fourth-order valence-corrected chi connectivity index (χ4v) is 0.642. The van der Waals surface area contributed by atoms with Crippen LogP contribution in [0.25, 0.3) is 0 Å². The summed E-state index contributed by atoms with van der Waals surface area (Å²) in [7, 11) is 0. The molecule has 8 heavy (non-hydrogen) atoms. The molecule has 1 saturated heterocycles. The van der Waals surface area contributed by atoms with Gasteiger partial charge in [-0.15, -0.1) is 4.91 Å². The second kappa shape index (κ2) is 1.80. The first-order valence-electron chi connectivity index (χ1n) is 2.50. The molecule has 4 nitrogen and oxygen atoms in total. The van der Waals surface area contributed by atoms with E-state index in [-0.39, 0.29) is 0 Å². The van der Waals surface area contributed by atoms with Crippen molar-refractivity contribution in [2.24, 2.45) is 5.18 Å². The molecule has 1 fully saturated rings. The van der Waals surface area contributed by atoms with Gasteiger partial charge in [0.05, 0.1) is 6.61 Å². The Kier molecular flexibility index (Phi) is 1.27. The third kappa shape index (κ3) is 0.850. The van der Waals surface area contributed by atoms with Crippen LogP contribution in [-0.4, -0.2) is 19.0 Å². The molecule has 0 saturated carbocycles. The van der Waals surface area contributed by atoms with Crippen LogP contribution in [0.3, 0.4) is 0 Å². The Labute approximate surface area is 47.2 Å². The van der Waals surface area contributed by atoms with Crippen LogP contribution >= 0.6 is 0 Å². The van der Waals surface area contributed by atoms with E-state index in [4.69, 9.17) is 4.74 Å². The van der Waals surface area contributed by atoms with Gasteiger partial charge in [0.25, 0.3) is 5.85 Å². The van der Waals surface area contributed by atoms with Crippen molar-refractivity contribution >= 4 is 0 Å². The molecule has 0 bridgehead atoms. The van der Waals surface area contributed by atoms with Crippen LogP contribution < -0.4 is 5.32 Å². The molecule has 1 aliphatic heterocycles. The van der Waals surface area contributed by atoms with Crippen LogP contribution in [0.5, 0.6) is 0 Å². The summed E-state index contributed by atoms with van der Waals surface area (Å²) >= 11 is 0. The lowest BCUT2D eigenvalue weighted by atomic mass is 10.5. The summed E-state index contributed by atoms with van der Waals surface area (Å²) in [5.74, 6) is -0.944. The molecule has 1 aliphatic rings. The average Bonchev–Trinajstić information content (AvgIpc) is 2.17. The van der Waals surface area contributed by atoms with E-state index in [9.17, 15) is 4.91 Å². The smallest absolute Gasteiger partial charge is 0.253 e. The number of ether oxygens (including phenoxy) is 1. The molecule has 1 atom stereocenters. The lowest BCUT2D eigenvalue weighted by Gasteiger charge is -2.11. The molecule has 0 aromatic carbocycles. The summed E-state index contributed by atoms with van der Waals surface area (Å²) < 4.78 is 4.90. The van der Waals surface area contributed by atoms with Crippen molar-refractivity contribution in [3.05, 3.63) is 4.91 Å². The molecule has 1 heterocycles. The normalized spacial score (nSPS) is 37.6. The van der Waals surface area contributed by atoms with Crippen LogP contribution in [0, 0.1) is 4.91 Å². The number of hydrogen-bond acceptors (Lipinski definition) is 4. The number of nitrogens with zero attached hydrogens (tertiary/aromatic N) is 1. The van der Waals surface area contributed by atoms with E-state index in [2.05, 4.69) is 10.5 Å². The summed E-state index contributed by atoms with van der Waals surface area (Å²) in [6.45, 7) is 2.89. The molecular formula is C4H8N2O2. The van der Waals surface area contributed by atoms with Gasteiger partial charge in [-0.25, -0.2) is 0 Å². The van der Waals surface area contributed by atoms with Gasteiger partial charge >= 0.3 is 0 Å². The van der Waals surface area contributed by atoms with Crippen LogP contribution in [0.1, 0.15) is 6.92 Å². The van der Waals surface area contributed by atoms with Crippen molar-refractivity contribution in [1.29, 1.82) is 0 Å². The zero-order valence-electron chi connectivity index (χ0n) is 4.68. The average molecular weight is 116 g/mol. The van der Waals surface area contributed by atoms with Gasteiger partial charge in [-0.1, -0.05) is 0 Å². The third-order valence-corrected chi connectivity index (χ3v) is 1.11. The first kappa shape index (κ1) is 5.65. The fourth-order valence-electron chi connectivity index (χ4n) is 0.642. The monoisotopic (exact) mass is 116 g/mol. The number of nitroso groups, excluding NO2 is 1. The van der Waals surface area contributed by atoms with E-state index < -0.39 is 5.85 Å². The lowest BCUT2D eigenvalue weighted by Crippen LogP contribution is -2.34. The van der Waals surface area contributed by atoms with E-state index in [1.165, 1.54) is 0 Å². The molecule has 0 amide bonds. The highest BCUT2D eigenvalue weighted by Gasteiger charge is 2.29. The van der Waals surface area contributed by atoms with Crippen LogP contribution in [0.4, 0.5) is 0 Å². The first-order valence-corrected chi connectivity index (χ1v) is 2.50. The molecular weight excluding hydrogens is 108 g/mol. The largest absolute Gasteiger partial charge is 0.338 e. The Morgan fingerprint density at radius 3 is 2.88 bits per heavy atom. The maximum absolute atomic E-state index is 9.89. The van der Waals surface area contributed by atoms with Gasteiger partial charge in [0.1, 0.15) is 0 Å². The number of rotatable bonds is 1. The van der Waals surface area contributed by atoms with Gasteiger partial charge in [0.15, 0.2) is 0 Å². The Hall–Kier alpha value is -0.480. The summed E-state index contributed by atoms with van der Waals surface area (Å²) in [5, 5.41) is 5.52. The van der Waals surface area contributed by atoms with Gasteiger partial charge in [0, 0.05) is 13.5 Å². The predicted octanol–water partition coefficient (Wildman–Crippen LogP) is 0.0463. The molecule has 4 heteroatoms. The van der Waals surface area contributed by atoms with Crippen LogP contribution in [0.15, 0.2) is 5.18 Å². The molecule has 1 rings (SSSR count). The van der Waals surface area contributed by atoms with Gasteiger partial charge in [-0.3, -0.25) is 5.32 Å². The zero-order chi connectivity index (χ0) is 6.04. The molecule has 0 aromatic heterocycles. The van der Waals surface area contributed by atoms with E-state index in [1.54, 1.807) is 6.92 Å². The van der Waals surface area contributed by atoms with Gasteiger partial charge < -0.3 is 4.74 Å².